The van der Waals surface area contributed by atoms with Gasteiger partial charge in [-0.25, -0.2) is 0 Å². The zero-order valence-electron chi connectivity index (χ0n) is 16.7. The Labute approximate surface area is 170 Å². The van der Waals surface area contributed by atoms with Gasteiger partial charge in [0.25, 0.3) is 0 Å². The molecular weight excluding hydrogens is 366 g/mol. The Morgan fingerprint density at radius 3 is 1.76 bits per heavy atom. The third kappa shape index (κ3) is 3.49. The van der Waals surface area contributed by atoms with Crippen LogP contribution in [0, 0.1) is 0 Å². The second-order valence-electron chi connectivity index (χ2n) is 7.67. The molecule has 1 aliphatic rings. The number of fused-ring (bicyclic) bond motifs is 2. The van der Waals surface area contributed by atoms with Crippen LogP contribution in [-0.4, -0.2) is 30.7 Å². The fourth-order valence-corrected chi connectivity index (χ4v) is 4.43. The van der Waals surface area contributed by atoms with Crippen LogP contribution in [0.15, 0.2) is 41.4 Å². The molecule has 1 aliphatic carbocycles. The van der Waals surface area contributed by atoms with Gasteiger partial charge in [0, 0.05) is 24.2 Å². The second kappa shape index (κ2) is 7.67. The number of aryl methyl sites for hydroxylation is 2. The molecule has 2 amide bonds. The maximum Gasteiger partial charge on any atom is 0.248 e. The molecule has 0 saturated heterocycles. The molecule has 0 fully saturated rings. The summed E-state index contributed by atoms with van der Waals surface area (Å²) < 4.78 is 0. The second-order valence-corrected chi connectivity index (χ2v) is 7.67. The van der Waals surface area contributed by atoms with Crippen LogP contribution in [0.3, 0.4) is 0 Å². The Bertz CT molecular complexity index is 945. The number of rotatable bonds is 5. The molecule has 0 unspecified atom stereocenters. The van der Waals surface area contributed by atoms with Crippen LogP contribution < -0.4 is 22.9 Å². The van der Waals surface area contributed by atoms with E-state index in [0.717, 1.165) is 22.3 Å². The molecule has 3 rings (SSSR count). The molecule has 152 valence electrons. The molecule has 0 heterocycles. The Morgan fingerprint density at radius 1 is 0.966 bits per heavy atom. The van der Waals surface area contributed by atoms with E-state index in [1.54, 1.807) is 19.2 Å². The molecule has 1 atom stereocenters. The molecule has 2 aromatic rings. The van der Waals surface area contributed by atoms with E-state index in [1.165, 1.54) is 0 Å². The number of nitrogens with zero attached hydrogens (tertiary/aromatic N) is 1. The highest BCUT2D eigenvalue weighted by Gasteiger charge is 2.43. The lowest BCUT2D eigenvalue weighted by molar-refractivity contribution is 0.0991. The van der Waals surface area contributed by atoms with E-state index in [-0.39, 0.29) is 6.04 Å². The van der Waals surface area contributed by atoms with Gasteiger partial charge in [0.1, 0.15) is 5.84 Å². The van der Waals surface area contributed by atoms with Gasteiger partial charge in [0.05, 0.1) is 5.41 Å². The van der Waals surface area contributed by atoms with Gasteiger partial charge < -0.3 is 22.9 Å². The van der Waals surface area contributed by atoms with E-state index >= 15 is 0 Å². The SMILES string of the molecule is CN=C(N)C1(C[C@@H](C)N)c2ccc(C(N)=O)cc2CCc2cc(C(N)=O)ccc21. The Hall–Kier alpha value is -3.19. The number of hydrogen-bond acceptors (Lipinski definition) is 4. The van der Waals surface area contributed by atoms with Crippen molar-refractivity contribution in [3.05, 3.63) is 69.8 Å². The first kappa shape index (κ1) is 20.5. The van der Waals surface area contributed by atoms with Crippen molar-refractivity contribution < 1.29 is 9.59 Å². The first-order valence-corrected chi connectivity index (χ1v) is 9.55. The first-order chi connectivity index (χ1) is 13.7. The minimum absolute atomic E-state index is 0.180. The Morgan fingerprint density at radius 2 is 1.41 bits per heavy atom. The number of carbonyl (C=O) groups excluding carboxylic acids is 2. The number of amidine groups is 1. The molecule has 0 saturated carbocycles. The summed E-state index contributed by atoms with van der Waals surface area (Å²) in [5.74, 6) is -0.543. The van der Waals surface area contributed by atoms with Crippen molar-refractivity contribution >= 4 is 17.6 Å². The molecule has 29 heavy (non-hydrogen) atoms. The minimum Gasteiger partial charge on any atom is -0.386 e. The summed E-state index contributed by atoms with van der Waals surface area (Å²) in [6, 6.07) is 10.7. The largest absolute Gasteiger partial charge is 0.386 e. The highest BCUT2D eigenvalue weighted by Crippen LogP contribution is 2.43. The van der Waals surface area contributed by atoms with Gasteiger partial charge in [-0.05, 0) is 72.7 Å². The van der Waals surface area contributed by atoms with Crippen molar-refractivity contribution in [2.75, 3.05) is 7.05 Å². The summed E-state index contributed by atoms with van der Waals surface area (Å²) in [5.41, 5.74) is 27.7. The number of carbonyl (C=O) groups is 2. The molecule has 0 spiro atoms. The molecule has 0 aliphatic heterocycles. The molecule has 0 aromatic heterocycles. The lowest BCUT2D eigenvalue weighted by Crippen LogP contribution is -2.46. The smallest absolute Gasteiger partial charge is 0.248 e. The predicted molar refractivity (Wildman–Crippen MR) is 114 cm³/mol. The number of benzene rings is 2. The van der Waals surface area contributed by atoms with E-state index < -0.39 is 17.2 Å². The summed E-state index contributed by atoms with van der Waals surface area (Å²) in [4.78, 5) is 27.8. The molecule has 0 radical (unpaired) electrons. The van der Waals surface area contributed by atoms with Crippen LogP contribution in [0.4, 0.5) is 0 Å². The molecule has 7 nitrogen and oxygen atoms in total. The summed E-state index contributed by atoms with van der Waals surface area (Å²) in [6.07, 6.45) is 1.83. The first-order valence-electron chi connectivity index (χ1n) is 9.55. The van der Waals surface area contributed by atoms with Crippen LogP contribution in [0.5, 0.6) is 0 Å². The van der Waals surface area contributed by atoms with Gasteiger partial charge in [-0.15, -0.1) is 0 Å². The molecule has 0 bridgehead atoms. The fourth-order valence-electron chi connectivity index (χ4n) is 4.43. The monoisotopic (exact) mass is 393 g/mol. The number of amides is 2. The fraction of sp³-hybridized carbons (Fsp3) is 0.318. The zero-order valence-corrected chi connectivity index (χ0v) is 16.7. The predicted octanol–water partition coefficient (Wildman–Crippen LogP) is 0.993. The number of nitrogens with two attached hydrogens (primary N) is 4. The van der Waals surface area contributed by atoms with E-state index in [2.05, 4.69) is 4.99 Å². The van der Waals surface area contributed by atoms with Crippen molar-refractivity contribution in [1.82, 2.24) is 0 Å². The topological polar surface area (TPSA) is 151 Å². The van der Waals surface area contributed by atoms with E-state index in [9.17, 15) is 9.59 Å². The average molecular weight is 393 g/mol. The average Bonchev–Trinajstić information content (AvgIpc) is 2.81. The van der Waals surface area contributed by atoms with E-state index in [4.69, 9.17) is 22.9 Å². The quantitative estimate of drug-likeness (QED) is 0.442. The molecule has 7 heteroatoms. The summed E-state index contributed by atoms with van der Waals surface area (Å²) >= 11 is 0. The van der Waals surface area contributed by atoms with Gasteiger partial charge >= 0.3 is 0 Å². The summed E-state index contributed by atoms with van der Waals surface area (Å²) in [6.45, 7) is 1.92. The van der Waals surface area contributed by atoms with Gasteiger partial charge in [-0.3, -0.25) is 14.6 Å². The maximum absolute atomic E-state index is 11.7. The lowest BCUT2D eigenvalue weighted by atomic mass is 9.67. The number of primary amides is 2. The third-order valence-electron chi connectivity index (χ3n) is 5.67. The highest BCUT2D eigenvalue weighted by atomic mass is 16.1. The van der Waals surface area contributed by atoms with Crippen molar-refractivity contribution in [3.63, 3.8) is 0 Å². The lowest BCUT2D eigenvalue weighted by Gasteiger charge is -2.37. The molecule has 8 N–H and O–H groups in total. The molecular formula is C22H27N5O2. The Balaban J connectivity index is 2.39. The van der Waals surface area contributed by atoms with Crippen molar-refractivity contribution in [1.29, 1.82) is 0 Å². The Kier molecular flexibility index (Phi) is 5.44. The van der Waals surface area contributed by atoms with Crippen LogP contribution in [-0.2, 0) is 18.3 Å². The van der Waals surface area contributed by atoms with Gasteiger partial charge in [0.2, 0.25) is 11.8 Å². The van der Waals surface area contributed by atoms with Crippen molar-refractivity contribution in [2.45, 2.75) is 37.6 Å². The highest BCUT2D eigenvalue weighted by molar-refractivity contribution is 5.98. The minimum atomic E-state index is -0.781. The normalized spacial score (nSPS) is 16.3. The van der Waals surface area contributed by atoms with Crippen LogP contribution in [0.25, 0.3) is 0 Å². The zero-order chi connectivity index (χ0) is 21.3. The van der Waals surface area contributed by atoms with E-state index in [0.29, 0.717) is 36.2 Å². The molecule has 2 aromatic carbocycles. The van der Waals surface area contributed by atoms with Crippen molar-refractivity contribution in [2.24, 2.45) is 27.9 Å². The van der Waals surface area contributed by atoms with Crippen molar-refractivity contribution in [3.8, 4) is 0 Å². The maximum atomic E-state index is 11.7. The van der Waals surface area contributed by atoms with Gasteiger partial charge in [-0.1, -0.05) is 12.1 Å². The van der Waals surface area contributed by atoms with Crippen LogP contribution in [0.2, 0.25) is 0 Å². The summed E-state index contributed by atoms with van der Waals surface area (Å²) in [5, 5.41) is 0. The van der Waals surface area contributed by atoms with Gasteiger partial charge in [-0.2, -0.15) is 0 Å². The van der Waals surface area contributed by atoms with Gasteiger partial charge in [0.15, 0.2) is 0 Å². The van der Waals surface area contributed by atoms with Crippen LogP contribution in [0.1, 0.15) is 56.3 Å². The van der Waals surface area contributed by atoms with Crippen LogP contribution >= 0.6 is 0 Å². The standard InChI is InChI=1S/C22H27N5O2/c1-12(23)11-22(21(26)27-2)17-7-5-15(19(24)28)9-13(17)3-4-14-10-16(20(25)29)6-8-18(14)22/h5-10,12H,3-4,11,23H2,1-2H3,(H2,24,28)(H2,25,29)(H2,26,27)/t12-/m1/s1. The van der Waals surface area contributed by atoms with E-state index in [1.807, 2.05) is 31.2 Å². The summed E-state index contributed by atoms with van der Waals surface area (Å²) in [7, 11) is 1.65. The number of hydrogen-bond donors (Lipinski definition) is 4. The number of aliphatic imine (C=N–C) groups is 1. The third-order valence-corrected chi connectivity index (χ3v) is 5.67.